The maximum Gasteiger partial charge on any atom is 0.0268 e. The van der Waals surface area contributed by atoms with Crippen LogP contribution in [0.5, 0.6) is 0 Å². The van der Waals surface area contributed by atoms with Crippen molar-refractivity contribution in [3.63, 3.8) is 0 Å². The van der Waals surface area contributed by atoms with E-state index in [2.05, 4.69) is 39.6 Å². The van der Waals surface area contributed by atoms with Gasteiger partial charge in [0.1, 0.15) is 0 Å². The first-order valence-electron chi connectivity index (χ1n) is 3.92. The van der Waals surface area contributed by atoms with Crippen molar-refractivity contribution in [1.82, 2.24) is 0 Å². The topological polar surface area (TPSA) is 0 Å². The molecule has 0 saturated heterocycles. The van der Waals surface area contributed by atoms with Gasteiger partial charge in [-0.05, 0) is 32.0 Å². The highest BCUT2D eigenvalue weighted by Crippen LogP contribution is 2.14. The standard InChI is InChI=1S/C12H9Br/c1-3-5-10-7-11(6-4-2)9-12(13)8-10/h7-9H,1-2H3. The first-order valence-corrected chi connectivity index (χ1v) is 4.71. The van der Waals surface area contributed by atoms with E-state index < -0.39 is 0 Å². The van der Waals surface area contributed by atoms with Crippen molar-refractivity contribution in [2.75, 3.05) is 0 Å². The molecule has 64 valence electrons. The summed E-state index contributed by atoms with van der Waals surface area (Å²) in [7, 11) is 0. The minimum Gasteiger partial charge on any atom is -0.101 e. The van der Waals surface area contributed by atoms with E-state index in [0.717, 1.165) is 15.6 Å². The largest absolute Gasteiger partial charge is 0.101 e. The lowest BCUT2D eigenvalue weighted by Gasteiger charge is -1.95. The lowest BCUT2D eigenvalue weighted by Crippen LogP contribution is -1.79. The zero-order valence-electron chi connectivity index (χ0n) is 7.61. The lowest BCUT2D eigenvalue weighted by atomic mass is 10.1. The molecule has 0 fully saturated rings. The molecule has 13 heavy (non-hydrogen) atoms. The Bertz CT molecular complexity index is 384. The molecule has 0 saturated carbocycles. The fourth-order valence-electron chi connectivity index (χ4n) is 1.02. The molecule has 1 rings (SSSR count). The van der Waals surface area contributed by atoms with Crippen LogP contribution in [-0.4, -0.2) is 0 Å². The van der Waals surface area contributed by atoms with E-state index in [9.17, 15) is 0 Å². The number of hydrogen-bond acceptors (Lipinski definition) is 0. The Morgan fingerprint density at radius 3 is 1.77 bits per heavy atom. The zero-order chi connectivity index (χ0) is 9.68. The number of hydrogen-bond donors (Lipinski definition) is 0. The lowest BCUT2D eigenvalue weighted by molar-refractivity contribution is 1.55. The van der Waals surface area contributed by atoms with Crippen molar-refractivity contribution in [2.24, 2.45) is 0 Å². The van der Waals surface area contributed by atoms with E-state index in [1.807, 2.05) is 32.0 Å². The van der Waals surface area contributed by atoms with Gasteiger partial charge in [-0.1, -0.05) is 27.8 Å². The van der Waals surface area contributed by atoms with Gasteiger partial charge in [0.25, 0.3) is 0 Å². The molecule has 0 aromatic heterocycles. The van der Waals surface area contributed by atoms with Crippen LogP contribution in [0.4, 0.5) is 0 Å². The smallest absolute Gasteiger partial charge is 0.0268 e. The molecule has 0 unspecified atom stereocenters. The summed E-state index contributed by atoms with van der Waals surface area (Å²) in [5.41, 5.74) is 1.99. The number of rotatable bonds is 0. The number of halogens is 1. The van der Waals surface area contributed by atoms with Crippen molar-refractivity contribution >= 4 is 15.9 Å². The van der Waals surface area contributed by atoms with Crippen LogP contribution in [0.2, 0.25) is 0 Å². The predicted octanol–water partition coefficient (Wildman–Crippen LogP) is 3.19. The summed E-state index contributed by atoms with van der Waals surface area (Å²) >= 11 is 3.42. The average molecular weight is 233 g/mol. The van der Waals surface area contributed by atoms with Gasteiger partial charge in [-0.3, -0.25) is 0 Å². The molecule has 1 heteroatoms. The fourth-order valence-corrected chi connectivity index (χ4v) is 1.52. The molecule has 0 aliphatic carbocycles. The SMILES string of the molecule is CC#Cc1cc(Br)cc(C#CC)c1. The predicted molar refractivity (Wildman–Crippen MR) is 59.2 cm³/mol. The maximum absolute atomic E-state index is 3.42. The van der Waals surface area contributed by atoms with Crippen LogP contribution in [0.3, 0.4) is 0 Å². The molecule has 1 aromatic carbocycles. The molecule has 0 atom stereocenters. The van der Waals surface area contributed by atoms with E-state index in [-0.39, 0.29) is 0 Å². The van der Waals surface area contributed by atoms with Gasteiger partial charge in [-0.2, -0.15) is 0 Å². The van der Waals surface area contributed by atoms with Crippen molar-refractivity contribution < 1.29 is 0 Å². The van der Waals surface area contributed by atoms with Crippen molar-refractivity contribution in [2.45, 2.75) is 13.8 Å². The molecular formula is C12H9Br. The normalized spacial score (nSPS) is 7.92. The Hall–Kier alpha value is -1.18. The summed E-state index contributed by atoms with van der Waals surface area (Å²) in [4.78, 5) is 0. The Morgan fingerprint density at radius 2 is 1.38 bits per heavy atom. The first kappa shape index (κ1) is 9.90. The van der Waals surface area contributed by atoms with Crippen LogP contribution >= 0.6 is 15.9 Å². The molecule has 0 N–H and O–H groups in total. The van der Waals surface area contributed by atoms with Crippen molar-refractivity contribution in [1.29, 1.82) is 0 Å². The molecule has 0 spiro atoms. The first-order chi connectivity index (χ1) is 6.26. The van der Waals surface area contributed by atoms with Gasteiger partial charge in [-0.25, -0.2) is 0 Å². The minimum atomic E-state index is 0.995. The second-order valence-electron chi connectivity index (χ2n) is 2.48. The van der Waals surface area contributed by atoms with Crippen molar-refractivity contribution in [3.8, 4) is 23.7 Å². The number of benzene rings is 1. The van der Waals surface area contributed by atoms with Gasteiger partial charge in [0.05, 0.1) is 0 Å². The van der Waals surface area contributed by atoms with Gasteiger partial charge in [0, 0.05) is 15.6 Å². The van der Waals surface area contributed by atoms with Crippen molar-refractivity contribution in [3.05, 3.63) is 33.8 Å². The summed E-state index contributed by atoms with van der Waals surface area (Å²) < 4.78 is 1.02. The molecule has 0 amide bonds. The van der Waals surface area contributed by atoms with Crippen LogP contribution < -0.4 is 0 Å². The molecule has 0 nitrogen and oxygen atoms in total. The zero-order valence-corrected chi connectivity index (χ0v) is 9.20. The second kappa shape index (κ2) is 4.75. The summed E-state index contributed by atoms with van der Waals surface area (Å²) in [5.74, 6) is 11.7. The molecule has 1 aromatic rings. The van der Waals surface area contributed by atoms with E-state index in [1.54, 1.807) is 0 Å². The van der Waals surface area contributed by atoms with Crippen LogP contribution in [0.25, 0.3) is 0 Å². The highest BCUT2D eigenvalue weighted by atomic mass is 79.9. The van der Waals surface area contributed by atoms with Gasteiger partial charge < -0.3 is 0 Å². The third kappa shape index (κ3) is 2.98. The van der Waals surface area contributed by atoms with Crippen LogP contribution in [0.15, 0.2) is 22.7 Å². The van der Waals surface area contributed by atoms with Crippen LogP contribution in [0.1, 0.15) is 25.0 Å². The molecule has 0 radical (unpaired) electrons. The monoisotopic (exact) mass is 232 g/mol. The van der Waals surface area contributed by atoms with Gasteiger partial charge in [0.2, 0.25) is 0 Å². The Balaban J connectivity index is 3.21. The van der Waals surface area contributed by atoms with E-state index in [0.29, 0.717) is 0 Å². The second-order valence-corrected chi connectivity index (χ2v) is 3.39. The summed E-state index contributed by atoms with van der Waals surface area (Å²) in [6.07, 6.45) is 0. The maximum atomic E-state index is 3.42. The average Bonchev–Trinajstić information content (AvgIpc) is 2.04. The molecule has 0 heterocycles. The van der Waals surface area contributed by atoms with Crippen LogP contribution in [0, 0.1) is 23.7 Å². The van der Waals surface area contributed by atoms with Gasteiger partial charge >= 0.3 is 0 Å². The highest BCUT2D eigenvalue weighted by molar-refractivity contribution is 9.10. The minimum absolute atomic E-state index is 0.995. The van der Waals surface area contributed by atoms with E-state index in [1.165, 1.54) is 0 Å². The Labute approximate surface area is 87.5 Å². The molecular weight excluding hydrogens is 224 g/mol. The summed E-state index contributed by atoms with van der Waals surface area (Å²) in [5, 5.41) is 0. The fraction of sp³-hybridized carbons (Fsp3) is 0.167. The van der Waals surface area contributed by atoms with E-state index in [4.69, 9.17) is 0 Å². The third-order valence-corrected chi connectivity index (χ3v) is 1.89. The quantitative estimate of drug-likeness (QED) is 0.603. The van der Waals surface area contributed by atoms with Gasteiger partial charge in [-0.15, -0.1) is 11.8 Å². The van der Waals surface area contributed by atoms with E-state index >= 15 is 0 Å². The Morgan fingerprint density at radius 1 is 0.923 bits per heavy atom. The molecule has 0 aliphatic heterocycles. The molecule has 0 aliphatic rings. The summed E-state index contributed by atoms with van der Waals surface area (Å²) in [6, 6.07) is 5.95. The highest BCUT2D eigenvalue weighted by Gasteiger charge is 1.94. The Kier molecular flexibility index (Phi) is 3.62. The van der Waals surface area contributed by atoms with Gasteiger partial charge in [0.15, 0.2) is 0 Å². The summed E-state index contributed by atoms with van der Waals surface area (Å²) in [6.45, 7) is 3.65. The van der Waals surface area contributed by atoms with Crippen LogP contribution in [-0.2, 0) is 0 Å². The third-order valence-electron chi connectivity index (χ3n) is 1.44. The molecule has 0 bridgehead atoms.